The lowest BCUT2D eigenvalue weighted by Gasteiger charge is -2.13. The van der Waals surface area contributed by atoms with E-state index in [2.05, 4.69) is 5.32 Å². The molecule has 1 N–H and O–H groups in total. The molecule has 0 saturated heterocycles. The molecule has 0 bridgehead atoms. The SMILES string of the molecule is CC(=O)c1ccc(OCC(=O)Nc2c(C)cc(C)cc2C)cc1. The quantitative estimate of drug-likeness (QED) is 0.854. The average molecular weight is 311 g/mol. The van der Waals surface area contributed by atoms with Crippen LogP contribution in [0.2, 0.25) is 0 Å². The van der Waals surface area contributed by atoms with Crippen LogP contribution in [0.1, 0.15) is 34.0 Å². The summed E-state index contributed by atoms with van der Waals surface area (Å²) >= 11 is 0. The zero-order valence-electron chi connectivity index (χ0n) is 13.9. The van der Waals surface area contributed by atoms with Gasteiger partial charge in [-0.15, -0.1) is 0 Å². The zero-order valence-corrected chi connectivity index (χ0v) is 13.9. The maximum atomic E-state index is 12.1. The van der Waals surface area contributed by atoms with Crippen LogP contribution in [0.15, 0.2) is 36.4 Å². The molecule has 0 atom stereocenters. The Hall–Kier alpha value is -2.62. The third kappa shape index (κ3) is 4.42. The van der Waals surface area contributed by atoms with Gasteiger partial charge in [-0.1, -0.05) is 17.7 Å². The van der Waals surface area contributed by atoms with Crippen molar-refractivity contribution in [1.29, 1.82) is 0 Å². The summed E-state index contributed by atoms with van der Waals surface area (Å²) in [6.45, 7) is 7.40. The van der Waals surface area contributed by atoms with Crippen molar-refractivity contribution in [3.05, 3.63) is 58.7 Å². The van der Waals surface area contributed by atoms with E-state index >= 15 is 0 Å². The van der Waals surface area contributed by atoms with Gasteiger partial charge in [0.25, 0.3) is 5.91 Å². The standard InChI is InChI=1S/C19H21NO3/c1-12-9-13(2)19(14(3)10-12)20-18(22)11-23-17-7-5-16(6-8-17)15(4)21/h5-10H,11H2,1-4H3,(H,20,22). The third-order valence-electron chi connectivity index (χ3n) is 3.57. The molecule has 0 spiro atoms. The summed E-state index contributed by atoms with van der Waals surface area (Å²) < 4.78 is 5.45. The van der Waals surface area contributed by atoms with Crippen molar-refractivity contribution < 1.29 is 14.3 Å². The lowest BCUT2D eigenvalue weighted by Crippen LogP contribution is -2.21. The van der Waals surface area contributed by atoms with E-state index in [0.29, 0.717) is 11.3 Å². The maximum Gasteiger partial charge on any atom is 0.262 e. The fraction of sp³-hybridized carbons (Fsp3) is 0.263. The first kappa shape index (κ1) is 16.7. The van der Waals surface area contributed by atoms with Crippen LogP contribution >= 0.6 is 0 Å². The van der Waals surface area contributed by atoms with Gasteiger partial charge in [-0.05, 0) is 63.1 Å². The van der Waals surface area contributed by atoms with E-state index in [9.17, 15) is 9.59 Å². The summed E-state index contributed by atoms with van der Waals surface area (Å²) in [5, 5.41) is 2.89. The van der Waals surface area contributed by atoms with E-state index in [-0.39, 0.29) is 18.3 Å². The molecule has 0 aromatic heterocycles. The first-order valence-corrected chi connectivity index (χ1v) is 7.48. The largest absolute Gasteiger partial charge is 0.484 e. The highest BCUT2D eigenvalue weighted by Crippen LogP contribution is 2.22. The second-order valence-corrected chi connectivity index (χ2v) is 5.69. The van der Waals surface area contributed by atoms with Crippen LogP contribution in [0.25, 0.3) is 0 Å². The highest BCUT2D eigenvalue weighted by Gasteiger charge is 2.09. The predicted octanol–water partition coefficient (Wildman–Crippen LogP) is 3.83. The Balaban J connectivity index is 1.96. The minimum Gasteiger partial charge on any atom is -0.484 e. The number of benzene rings is 2. The van der Waals surface area contributed by atoms with Gasteiger partial charge in [0.2, 0.25) is 0 Å². The van der Waals surface area contributed by atoms with E-state index in [1.807, 2.05) is 32.9 Å². The number of amides is 1. The molecule has 0 aliphatic rings. The van der Waals surface area contributed by atoms with Crippen molar-refractivity contribution in [3.63, 3.8) is 0 Å². The minimum absolute atomic E-state index is 0.000357. The Labute approximate surface area is 136 Å². The predicted molar refractivity (Wildman–Crippen MR) is 91.2 cm³/mol. The second-order valence-electron chi connectivity index (χ2n) is 5.69. The van der Waals surface area contributed by atoms with Crippen LogP contribution in [0.3, 0.4) is 0 Å². The molecule has 2 aromatic carbocycles. The van der Waals surface area contributed by atoms with Crippen LogP contribution in [0.4, 0.5) is 5.69 Å². The number of hydrogen-bond acceptors (Lipinski definition) is 3. The van der Waals surface area contributed by atoms with Gasteiger partial charge in [0.1, 0.15) is 5.75 Å². The van der Waals surface area contributed by atoms with Crippen LogP contribution < -0.4 is 10.1 Å². The third-order valence-corrected chi connectivity index (χ3v) is 3.57. The van der Waals surface area contributed by atoms with Crippen LogP contribution in [0.5, 0.6) is 5.75 Å². The molecular weight excluding hydrogens is 290 g/mol. The molecule has 120 valence electrons. The Morgan fingerprint density at radius 3 is 2.09 bits per heavy atom. The van der Waals surface area contributed by atoms with E-state index in [1.165, 1.54) is 12.5 Å². The summed E-state index contributed by atoms with van der Waals surface area (Å²) in [6, 6.07) is 10.8. The number of hydrogen-bond donors (Lipinski definition) is 1. The van der Waals surface area contributed by atoms with Crippen molar-refractivity contribution in [1.82, 2.24) is 0 Å². The summed E-state index contributed by atoms with van der Waals surface area (Å²) in [5.41, 5.74) is 4.67. The Morgan fingerprint density at radius 2 is 1.57 bits per heavy atom. The molecule has 4 heteroatoms. The molecule has 1 amide bonds. The summed E-state index contributed by atoms with van der Waals surface area (Å²) in [7, 11) is 0. The number of ether oxygens (including phenoxy) is 1. The molecule has 0 heterocycles. The highest BCUT2D eigenvalue weighted by atomic mass is 16.5. The molecule has 2 rings (SSSR count). The Bertz CT molecular complexity index is 710. The van der Waals surface area contributed by atoms with Gasteiger partial charge in [0.05, 0.1) is 0 Å². The summed E-state index contributed by atoms with van der Waals surface area (Å²) in [6.07, 6.45) is 0. The summed E-state index contributed by atoms with van der Waals surface area (Å²) in [5.74, 6) is 0.345. The molecule has 0 radical (unpaired) electrons. The smallest absolute Gasteiger partial charge is 0.262 e. The molecule has 0 aliphatic heterocycles. The van der Waals surface area contributed by atoms with Crippen LogP contribution in [0, 0.1) is 20.8 Å². The minimum atomic E-state index is -0.212. The number of aryl methyl sites for hydroxylation is 3. The zero-order chi connectivity index (χ0) is 17.0. The first-order valence-electron chi connectivity index (χ1n) is 7.48. The van der Waals surface area contributed by atoms with Crippen molar-refractivity contribution in [2.45, 2.75) is 27.7 Å². The van der Waals surface area contributed by atoms with E-state index in [4.69, 9.17) is 4.74 Å². The van der Waals surface area contributed by atoms with Crippen molar-refractivity contribution in [2.75, 3.05) is 11.9 Å². The topological polar surface area (TPSA) is 55.4 Å². The Kier molecular flexibility index (Phi) is 5.16. The molecule has 23 heavy (non-hydrogen) atoms. The van der Waals surface area contributed by atoms with Crippen LogP contribution in [-0.4, -0.2) is 18.3 Å². The number of carbonyl (C=O) groups excluding carboxylic acids is 2. The van der Waals surface area contributed by atoms with Gasteiger partial charge in [-0.25, -0.2) is 0 Å². The van der Waals surface area contributed by atoms with E-state index in [0.717, 1.165) is 16.8 Å². The molecule has 4 nitrogen and oxygen atoms in total. The van der Waals surface area contributed by atoms with E-state index < -0.39 is 0 Å². The molecule has 0 fully saturated rings. The van der Waals surface area contributed by atoms with Crippen molar-refractivity contribution >= 4 is 17.4 Å². The van der Waals surface area contributed by atoms with Gasteiger partial charge >= 0.3 is 0 Å². The Morgan fingerprint density at radius 1 is 1.00 bits per heavy atom. The number of anilines is 1. The van der Waals surface area contributed by atoms with Gasteiger partial charge < -0.3 is 10.1 Å². The monoisotopic (exact) mass is 311 g/mol. The number of ketones is 1. The lowest BCUT2D eigenvalue weighted by molar-refractivity contribution is -0.118. The fourth-order valence-corrected chi connectivity index (χ4v) is 2.49. The number of Topliss-reactive ketones (excluding diaryl/α,β-unsaturated/α-hetero) is 1. The number of nitrogens with one attached hydrogen (secondary N) is 1. The number of rotatable bonds is 5. The normalized spacial score (nSPS) is 10.3. The van der Waals surface area contributed by atoms with Gasteiger partial charge in [0, 0.05) is 11.3 Å². The van der Waals surface area contributed by atoms with E-state index in [1.54, 1.807) is 24.3 Å². The molecule has 0 saturated carbocycles. The van der Waals surface area contributed by atoms with Crippen LogP contribution in [-0.2, 0) is 4.79 Å². The highest BCUT2D eigenvalue weighted by molar-refractivity contribution is 5.94. The van der Waals surface area contributed by atoms with Crippen molar-refractivity contribution in [2.24, 2.45) is 0 Å². The fourth-order valence-electron chi connectivity index (χ4n) is 2.49. The average Bonchev–Trinajstić information content (AvgIpc) is 2.49. The van der Waals surface area contributed by atoms with Crippen molar-refractivity contribution in [3.8, 4) is 5.75 Å². The second kappa shape index (κ2) is 7.09. The first-order chi connectivity index (χ1) is 10.9. The lowest BCUT2D eigenvalue weighted by atomic mass is 10.1. The maximum absolute atomic E-state index is 12.1. The summed E-state index contributed by atoms with van der Waals surface area (Å²) in [4.78, 5) is 23.3. The molecule has 2 aromatic rings. The van der Waals surface area contributed by atoms with Gasteiger partial charge in [-0.3, -0.25) is 9.59 Å². The number of carbonyl (C=O) groups is 2. The van der Waals surface area contributed by atoms with Gasteiger partial charge in [0.15, 0.2) is 12.4 Å². The molecule has 0 unspecified atom stereocenters. The van der Waals surface area contributed by atoms with Gasteiger partial charge in [-0.2, -0.15) is 0 Å². The molecular formula is C19H21NO3. The molecule has 0 aliphatic carbocycles.